The van der Waals surface area contributed by atoms with Crippen LogP contribution in [0.2, 0.25) is 0 Å². The molecular formula is C17H26N4O2S. The standard InChI is InChI=1S/C17H26N4O2S/c1-11(2)13-9-21(10-14(13)19-17(23)20(3)4)16(22)12-7-6-8-18-15(12)24-5/h6-8,11,13-14H,9-10H2,1-5H3,(H,19,23)/t13-,14+/m0/s1. The van der Waals surface area contributed by atoms with E-state index in [0.29, 0.717) is 24.6 Å². The van der Waals surface area contributed by atoms with E-state index in [-0.39, 0.29) is 23.9 Å². The van der Waals surface area contributed by atoms with Crippen molar-refractivity contribution in [2.24, 2.45) is 11.8 Å². The number of nitrogens with one attached hydrogen (secondary N) is 1. The third-order valence-corrected chi connectivity index (χ3v) is 5.13. The van der Waals surface area contributed by atoms with Crippen LogP contribution in [-0.2, 0) is 0 Å². The molecule has 2 atom stereocenters. The van der Waals surface area contributed by atoms with Gasteiger partial charge in [-0.1, -0.05) is 13.8 Å². The second-order valence-electron chi connectivity index (χ2n) is 6.63. The van der Waals surface area contributed by atoms with Crippen molar-refractivity contribution >= 4 is 23.7 Å². The number of likely N-dealkylation sites (tertiary alicyclic amines) is 1. The highest BCUT2D eigenvalue weighted by molar-refractivity contribution is 7.98. The third kappa shape index (κ3) is 4.01. The summed E-state index contributed by atoms with van der Waals surface area (Å²) in [6, 6.07) is 3.45. The van der Waals surface area contributed by atoms with Gasteiger partial charge in [0.25, 0.3) is 5.91 Å². The Morgan fingerprint density at radius 1 is 1.38 bits per heavy atom. The van der Waals surface area contributed by atoms with Crippen LogP contribution in [0.15, 0.2) is 23.4 Å². The summed E-state index contributed by atoms with van der Waals surface area (Å²) in [5, 5.41) is 3.79. The number of rotatable bonds is 4. The van der Waals surface area contributed by atoms with Gasteiger partial charge >= 0.3 is 6.03 Å². The second kappa shape index (κ2) is 7.88. The Labute approximate surface area is 148 Å². The summed E-state index contributed by atoms with van der Waals surface area (Å²) in [6.45, 7) is 5.44. The van der Waals surface area contributed by atoms with Gasteiger partial charge in [-0.2, -0.15) is 0 Å². The van der Waals surface area contributed by atoms with Crippen LogP contribution in [-0.4, -0.2) is 66.2 Å². The monoisotopic (exact) mass is 350 g/mol. The molecule has 1 N–H and O–H groups in total. The number of hydrogen-bond acceptors (Lipinski definition) is 4. The third-order valence-electron chi connectivity index (χ3n) is 4.42. The van der Waals surface area contributed by atoms with Gasteiger partial charge < -0.3 is 15.1 Å². The Bertz CT molecular complexity index is 606. The molecule has 0 spiro atoms. The molecule has 1 aliphatic heterocycles. The van der Waals surface area contributed by atoms with Crippen LogP contribution in [0.1, 0.15) is 24.2 Å². The summed E-state index contributed by atoms with van der Waals surface area (Å²) in [6.07, 6.45) is 3.61. The summed E-state index contributed by atoms with van der Waals surface area (Å²) in [5.41, 5.74) is 0.632. The van der Waals surface area contributed by atoms with Gasteiger partial charge in [-0.25, -0.2) is 9.78 Å². The molecule has 1 aliphatic rings. The van der Waals surface area contributed by atoms with E-state index in [2.05, 4.69) is 24.1 Å². The Balaban J connectivity index is 2.17. The average molecular weight is 350 g/mol. The largest absolute Gasteiger partial charge is 0.336 e. The molecule has 132 valence electrons. The van der Waals surface area contributed by atoms with Crippen molar-refractivity contribution < 1.29 is 9.59 Å². The first-order chi connectivity index (χ1) is 11.3. The Kier molecular flexibility index (Phi) is 6.10. The maximum Gasteiger partial charge on any atom is 0.317 e. The molecule has 3 amide bonds. The fourth-order valence-electron chi connectivity index (χ4n) is 3.00. The Morgan fingerprint density at radius 2 is 2.08 bits per heavy atom. The Hall–Kier alpha value is -1.76. The molecule has 0 radical (unpaired) electrons. The van der Waals surface area contributed by atoms with Crippen LogP contribution >= 0.6 is 11.8 Å². The van der Waals surface area contributed by atoms with Gasteiger partial charge in [0.1, 0.15) is 5.03 Å². The lowest BCUT2D eigenvalue weighted by Gasteiger charge is -2.24. The number of carbonyl (C=O) groups is 2. The van der Waals surface area contributed by atoms with Gasteiger partial charge in [0, 0.05) is 39.3 Å². The molecule has 1 aromatic rings. The molecule has 1 fully saturated rings. The topological polar surface area (TPSA) is 65.5 Å². The minimum atomic E-state index is -0.119. The zero-order valence-electron chi connectivity index (χ0n) is 14.9. The van der Waals surface area contributed by atoms with Gasteiger partial charge in [0.05, 0.1) is 11.6 Å². The van der Waals surface area contributed by atoms with Crippen LogP contribution in [0.4, 0.5) is 4.79 Å². The number of urea groups is 1. The van der Waals surface area contributed by atoms with Crippen LogP contribution in [0, 0.1) is 11.8 Å². The highest BCUT2D eigenvalue weighted by Crippen LogP contribution is 2.27. The van der Waals surface area contributed by atoms with Crippen LogP contribution < -0.4 is 5.32 Å². The van der Waals surface area contributed by atoms with Crippen molar-refractivity contribution in [3.05, 3.63) is 23.9 Å². The lowest BCUT2D eigenvalue weighted by Crippen LogP contribution is -2.46. The van der Waals surface area contributed by atoms with E-state index in [1.807, 2.05) is 17.2 Å². The fraction of sp³-hybridized carbons (Fsp3) is 0.588. The van der Waals surface area contributed by atoms with Gasteiger partial charge in [0.15, 0.2) is 0 Å². The smallest absolute Gasteiger partial charge is 0.317 e. The molecular weight excluding hydrogens is 324 g/mol. The number of pyridine rings is 1. The minimum Gasteiger partial charge on any atom is -0.336 e. The van der Waals surface area contributed by atoms with E-state index in [1.165, 1.54) is 16.7 Å². The summed E-state index contributed by atoms with van der Waals surface area (Å²) in [4.78, 5) is 32.6. The van der Waals surface area contributed by atoms with Crippen molar-refractivity contribution in [3.63, 3.8) is 0 Å². The first kappa shape index (κ1) is 18.6. The molecule has 0 aromatic carbocycles. The first-order valence-corrected chi connectivity index (χ1v) is 9.33. The van der Waals surface area contributed by atoms with Crippen molar-refractivity contribution in [2.75, 3.05) is 33.4 Å². The highest BCUT2D eigenvalue weighted by Gasteiger charge is 2.38. The molecule has 2 heterocycles. The van der Waals surface area contributed by atoms with E-state index < -0.39 is 0 Å². The molecule has 24 heavy (non-hydrogen) atoms. The SMILES string of the molecule is CSc1ncccc1C(=O)N1C[C@@H](NC(=O)N(C)C)[C@H](C(C)C)C1. The molecule has 6 nitrogen and oxygen atoms in total. The maximum atomic E-state index is 12.9. The quantitative estimate of drug-likeness (QED) is 0.845. The van der Waals surface area contributed by atoms with Gasteiger partial charge in [0.2, 0.25) is 0 Å². The van der Waals surface area contributed by atoms with Crippen molar-refractivity contribution in [2.45, 2.75) is 24.9 Å². The summed E-state index contributed by atoms with van der Waals surface area (Å²) in [5.74, 6) is 0.608. The zero-order chi connectivity index (χ0) is 17.9. The average Bonchev–Trinajstić information content (AvgIpc) is 2.98. The number of hydrogen-bond donors (Lipinski definition) is 1. The predicted octanol–water partition coefficient (Wildman–Crippen LogP) is 2.17. The van der Waals surface area contributed by atoms with Gasteiger partial charge in [-0.3, -0.25) is 4.79 Å². The predicted molar refractivity (Wildman–Crippen MR) is 96.3 cm³/mol. The number of aromatic nitrogens is 1. The number of thioether (sulfide) groups is 1. The minimum absolute atomic E-state index is 0.0142. The fourth-order valence-corrected chi connectivity index (χ4v) is 3.54. The van der Waals surface area contributed by atoms with Crippen LogP contribution in [0.3, 0.4) is 0 Å². The lowest BCUT2D eigenvalue weighted by atomic mass is 9.91. The molecule has 2 rings (SSSR count). The van der Waals surface area contributed by atoms with E-state index in [9.17, 15) is 9.59 Å². The van der Waals surface area contributed by atoms with Crippen molar-refractivity contribution in [1.82, 2.24) is 20.1 Å². The maximum absolute atomic E-state index is 12.9. The molecule has 1 aromatic heterocycles. The zero-order valence-corrected chi connectivity index (χ0v) is 15.8. The summed E-state index contributed by atoms with van der Waals surface area (Å²) in [7, 11) is 3.44. The highest BCUT2D eigenvalue weighted by atomic mass is 32.2. The summed E-state index contributed by atoms with van der Waals surface area (Å²) < 4.78 is 0. The van der Waals surface area contributed by atoms with E-state index >= 15 is 0 Å². The van der Waals surface area contributed by atoms with E-state index in [0.717, 1.165) is 5.03 Å². The van der Waals surface area contributed by atoms with Gasteiger partial charge in [-0.05, 0) is 24.3 Å². The molecule has 0 aliphatic carbocycles. The second-order valence-corrected chi connectivity index (χ2v) is 7.42. The number of nitrogens with zero attached hydrogens (tertiary/aromatic N) is 3. The van der Waals surface area contributed by atoms with Gasteiger partial charge in [-0.15, -0.1) is 11.8 Å². The molecule has 0 bridgehead atoms. The number of amides is 3. The molecule has 0 unspecified atom stereocenters. The summed E-state index contributed by atoms with van der Waals surface area (Å²) >= 11 is 1.47. The van der Waals surface area contributed by atoms with E-state index in [1.54, 1.807) is 26.4 Å². The molecule has 0 saturated carbocycles. The lowest BCUT2D eigenvalue weighted by molar-refractivity contribution is 0.0778. The van der Waals surface area contributed by atoms with Crippen molar-refractivity contribution in [3.8, 4) is 0 Å². The normalized spacial score (nSPS) is 20.3. The molecule has 7 heteroatoms. The van der Waals surface area contributed by atoms with Crippen molar-refractivity contribution in [1.29, 1.82) is 0 Å². The van der Waals surface area contributed by atoms with Crippen LogP contribution in [0.5, 0.6) is 0 Å². The molecule has 1 saturated heterocycles. The number of carbonyl (C=O) groups excluding carboxylic acids is 2. The van der Waals surface area contributed by atoms with Crippen LogP contribution in [0.25, 0.3) is 0 Å². The first-order valence-electron chi connectivity index (χ1n) is 8.11. The Morgan fingerprint density at radius 3 is 2.67 bits per heavy atom. The van der Waals surface area contributed by atoms with E-state index in [4.69, 9.17) is 0 Å².